The van der Waals surface area contributed by atoms with Crippen molar-refractivity contribution in [2.45, 2.75) is 25.9 Å². The lowest BCUT2D eigenvalue weighted by Crippen LogP contribution is -2.04. The van der Waals surface area contributed by atoms with E-state index < -0.39 is 81.3 Å². The molecule has 12 heteroatoms. The van der Waals surface area contributed by atoms with Crippen LogP contribution in [0, 0.1) is 34.9 Å². The largest absolute Gasteiger partial charge is 0.412 e. The Balaban J connectivity index is 0.000000335. The third kappa shape index (κ3) is 7.64. The fourth-order valence-electron chi connectivity index (χ4n) is 3.07. The van der Waals surface area contributed by atoms with Crippen molar-refractivity contribution in [1.82, 2.24) is 0 Å². The van der Waals surface area contributed by atoms with Gasteiger partial charge in [-0.2, -0.15) is 17.6 Å². The lowest BCUT2D eigenvalue weighted by Gasteiger charge is -2.09. The van der Waals surface area contributed by atoms with E-state index in [1.165, 1.54) is 6.07 Å². The summed E-state index contributed by atoms with van der Waals surface area (Å²) in [7, 11) is 0. The minimum absolute atomic E-state index is 0.233. The lowest BCUT2D eigenvalue weighted by molar-refractivity contribution is -0.0798. The van der Waals surface area contributed by atoms with Crippen molar-refractivity contribution in [2.24, 2.45) is 0 Å². The van der Waals surface area contributed by atoms with Crippen LogP contribution in [0.15, 0.2) is 48.5 Å². The van der Waals surface area contributed by atoms with Crippen LogP contribution in [0.25, 0.3) is 17.0 Å². The Kier molecular flexibility index (Phi) is 9.60. The van der Waals surface area contributed by atoms with E-state index in [2.05, 4.69) is 0 Å². The summed E-state index contributed by atoms with van der Waals surface area (Å²) < 4.78 is 141. The maximum absolute atomic E-state index is 13.8. The lowest BCUT2D eigenvalue weighted by atomic mass is 10.0. The van der Waals surface area contributed by atoms with E-state index in [1.54, 1.807) is 0 Å². The van der Waals surface area contributed by atoms with Crippen molar-refractivity contribution < 1.29 is 53.1 Å². The molecule has 3 aromatic rings. The van der Waals surface area contributed by atoms with Crippen LogP contribution in [0.4, 0.5) is 48.3 Å². The number of hydrogen-bond acceptors (Lipinski definition) is 1. The summed E-state index contributed by atoms with van der Waals surface area (Å²) in [5, 5.41) is 0. The van der Waals surface area contributed by atoms with Gasteiger partial charge in [-0.05, 0) is 47.9 Å². The van der Waals surface area contributed by atoms with Crippen LogP contribution in [0.2, 0.25) is 0 Å². The Labute approximate surface area is 202 Å². The zero-order chi connectivity index (χ0) is 28.1. The molecule has 0 aromatic heterocycles. The van der Waals surface area contributed by atoms with Crippen LogP contribution in [0.5, 0.6) is 0 Å². The zero-order valence-electron chi connectivity index (χ0n) is 18.6. The normalized spacial score (nSPS) is 11.7. The Bertz CT molecular complexity index is 1300. The van der Waals surface area contributed by atoms with Crippen LogP contribution in [0.1, 0.15) is 34.8 Å². The smallest absolute Gasteiger partial charge is 0.255 e. The molecule has 0 N–H and O–H groups in total. The van der Waals surface area contributed by atoms with Gasteiger partial charge in [-0.3, -0.25) is 4.79 Å². The molecular weight excluding hydrogens is 525 g/mol. The number of carbonyl (C=O) groups excluding carboxylic acids is 1. The van der Waals surface area contributed by atoms with Gasteiger partial charge in [0.25, 0.3) is 0 Å². The van der Waals surface area contributed by atoms with Gasteiger partial charge in [0.05, 0.1) is 17.2 Å². The molecule has 0 unspecified atom stereocenters. The molecule has 198 valence electrons. The van der Waals surface area contributed by atoms with Crippen molar-refractivity contribution in [3.63, 3.8) is 0 Å². The molecule has 1 nitrogen and oxygen atoms in total. The summed E-state index contributed by atoms with van der Waals surface area (Å²) in [6.45, 7) is 1.85. The monoisotopic (exact) mass is 540 g/mol. The summed E-state index contributed by atoms with van der Waals surface area (Å²) in [5.74, 6) is -10.4. The first-order valence-corrected chi connectivity index (χ1v) is 10.2. The molecule has 0 spiro atoms. The first-order chi connectivity index (χ1) is 17.2. The van der Waals surface area contributed by atoms with Gasteiger partial charge in [0.2, 0.25) is 0 Å². The van der Waals surface area contributed by atoms with Crippen molar-refractivity contribution in [2.75, 3.05) is 0 Å². The molecule has 0 aliphatic heterocycles. The third-order valence-corrected chi connectivity index (χ3v) is 4.71. The van der Waals surface area contributed by atoms with Gasteiger partial charge in [0.1, 0.15) is 23.3 Å². The van der Waals surface area contributed by atoms with Crippen molar-refractivity contribution in [1.29, 1.82) is 0 Å². The molecule has 0 heterocycles. The molecule has 3 rings (SSSR count). The minimum atomic E-state index is -5.14. The topological polar surface area (TPSA) is 17.1 Å². The van der Waals surface area contributed by atoms with Gasteiger partial charge in [-0.15, -0.1) is 0 Å². The highest BCUT2D eigenvalue weighted by Gasteiger charge is 2.28. The zero-order valence-corrected chi connectivity index (χ0v) is 18.6. The maximum Gasteiger partial charge on any atom is 0.412 e. The third-order valence-electron chi connectivity index (χ3n) is 4.71. The number of hydrogen-bond donors (Lipinski definition) is 0. The SMILES string of the molecule is CCCc1ccc(F)c(F)c1F.O=C(F)c1ccc(-c2cc(F)c(/C(F)=C/C(F)(F)F)c(F)c2)c(F)c1. The van der Waals surface area contributed by atoms with E-state index in [9.17, 15) is 53.1 Å². The molecule has 3 aromatic carbocycles. The van der Waals surface area contributed by atoms with E-state index in [0.717, 1.165) is 18.2 Å². The van der Waals surface area contributed by atoms with E-state index in [0.29, 0.717) is 31.0 Å². The minimum Gasteiger partial charge on any atom is -0.255 e. The van der Waals surface area contributed by atoms with E-state index in [-0.39, 0.29) is 5.56 Å². The van der Waals surface area contributed by atoms with Crippen LogP contribution < -0.4 is 0 Å². The van der Waals surface area contributed by atoms with Crippen molar-refractivity contribution in [3.05, 3.63) is 100 Å². The summed E-state index contributed by atoms with van der Waals surface area (Å²) in [5.41, 5.74) is -2.91. The molecule has 0 saturated carbocycles. The first-order valence-electron chi connectivity index (χ1n) is 10.2. The van der Waals surface area contributed by atoms with Crippen LogP contribution in [-0.2, 0) is 6.42 Å². The molecule has 0 saturated heterocycles. The van der Waals surface area contributed by atoms with E-state index >= 15 is 0 Å². The maximum atomic E-state index is 13.8. The summed E-state index contributed by atoms with van der Waals surface area (Å²) in [4.78, 5) is 10.5. The van der Waals surface area contributed by atoms with Gasteiger partial charge in [-0.1, -0.05) is 25.5 Å². The number of alkyl halides is 3. The molecule has 0 atom stereocenters. The predicted octanol–water partition coefficient (Wildman–Crippen LogP) is 8.81. The van der Waals surface area contributed by atoms with Crippen molar-refractivity contribution >= 4 is 11.9 Å². The first kappa shape index (κ1) is 29.5. The quantitative estimate of drug-likeness (QED) is 0.180. The van der Waals surface area contributed by atoms with Crippen LogP contribution in [0.3, 0.4) is 0 Å². The Morgan fingerprint density at radius 1 is 0.784 bits per heavy atom. The number of allylic oxidation sites excluding steroid dienone is 1. The van der Waals surface area contributed by atoms with Gasteiger partial charge < -0.3 is 0 Å². The van der Waals surface area contributed by atoms with Gasteiger partial charge >= 0.3 is 12.2 Å². The Hall–Kier alpha value is -3.70. The Morgan fingerprint density at radius 2 is 1.38 bits per heavy atom. The second kappa shape index (κ2) is 12.0. The predicted molar refractivity (Wildman–Crippen MR) is 113 cm³/mol. The number of halogens is 11. The molecule has 0 radical (unpaired) electrons. The Morgan fingerprint density at radius 3 is 1.86 bits per heavy atom. The molecule has 0 aliphatic carbocycles. The number of benzene rings is 3. The summed E-state index contributed by atoms with van der Waals surface area (Å²) >= 11 is 0. The standard InChI is InChI=1S/C16H6F8O.C9H9F3/c17-10-3-7(15(21)25)1-2-9(10)8-4-11(18)14(12(19)5-8)13(20)6-16(22,23)24;1-2-3-6-4-5-7(10)9(12)8(6)11/h1-6H;4-5H,2-3H2,1H3/b13-6-;. The second-order valence-corrected chi connectivity index (χ2v) is 7.40. The highest BCUT2D eigenvalue weighted by molar-refractivity contribution is 5.89. The number of carbonyl (C=O) groups is 1. The van der Waals surface area contributed by atoms with Crippen LogP contribution in [-0.4, -0.2) is 12.2 Å². The molecule has 0 aliphatic rings. The highest BCUT2D eigenvalue weighted by atomic mass is 19.4. The number of aryl methyl sites for hydroxylation is 1. The average molecular weight is 540 g/mol. The highest BCUT2D eigenvalue weighted by Crippen LogP contribution is 2.33. The van der Waals surface area contributed by atoms with Crippen LogP contribution >= 0.6 is 0 Å². The molecule has 37 heavy (non-hydrogen) atoms. The molecular formula is C25H15F11O. The molecule has 0 amide bonds. The average Bonchev–Trinajstić information content (AvgIpc) is 2.78. The molecule has 0 bridgehead atoms. The fraction of sp³-hybridized carbons (Fsp3) is 0.160. The van der Waals surface area contributed by atoms with E-state index in [4.69, 9.17) is 0 Å². The van der Waals surface area contributed by atoms with Gasteiger partial charge in [0.15, 0.2) is 17.5 Å². The van der Waals surface area contributed by atoms with Gasteiger partial charge in [-0.25, -0.2) is 30.7 Å². The van der Waals surface area contributed by atoms with Gasteiger partial charge in [0, 0.05) is 5.56 Å². The van der Waals surface area contributed by atoms with Crippen molar-refractivity contribution in [3.8, 4) is 11.1 Å². The molecule has 0 fully saturated rings. The second-order valence-electron chi connectivity index (χ2n) is 7.40. The summed E-state index contributed by atoms with van der Waals surface area (Å²) in [6.07, 6.45) is -4.91. The number of rotatable bonds is 5. The fourth-order valence-corrected chi connectivity index (χ4v) is 3.07. The summed E-state index contributed by atoms with van der Waals surface area (Å²) in [6, 6.07) is 3.28. The van der Waals surface area contributed by atoms with E-state index in [1.807, 2.05) is 6.92 Å².